The molecule has 0 saturated carbocycles. The molecule has 0 heterocycles. The lowest BCUT2D eigenvalue weighted by molar-refractivity contribution is -0.0498. The van der Waals surface area contributed by atoms with E-state index in [1.54, 1.807) is 12.1 Å². The van der Waals surface area contributed by atoms with Crippen LogP contribution in [-0.4, -0.2) is 25.2 Å². The van der Waals surface area contributed by atoms with Crippen molar-refractivity contribution in [1.82, 2.24) is 5.32 Å². The molecule has 1 rings (SSSR count). The van der Waals surface area contributed by atoms with Crippen molar-refractivity contribution in [3.05, 3.63) is 29.8 Å². The molecule has 0 aliphatic heterocycles. The molecule has 0 radical (unpaired) electrons. The summed E-state index contributed by atoms with van der Waals surface area (Å²) in [7, 11) is 0. The van der Waals surface area contributed by atoms with Crippen molar-refractivity contribution in [2.75, 3.05) is 13.1 Å². The minimum absolute atomic E-state index is 0.163. The Hall–Kier alpha value is -1.64. The van der Waals surface area contributed by atoms with E-state index in [2.05, 4.69) is 16.0 Å². The molecule has 0 spiro atoms. The van der Waals surface area contributed by atoms with Crippen molar-refractivity contribution in [3.8, 4) is 18.1 Å². The predicted octanol–water partition coefficient (Wildman–Crippen LogP) is 2.16. The first kappa shape index (κ1) is 16.4. The van der Waals surface area contributed by atoms with Crippen molar-refractivity contribution in [2.45, 2.75) is 31.9 Å². The average molecular weight is 282 g/mol. The summed E-state index contributed by atoms with van der Waals surface area (Å²) in [6.07, 6.45) is 6.81. The molecule has 0 bridgehead atoms. The van der Waals surface area contributed by atoms with Gasteiger partial charge in [-0.05, 0) is 37.5 Å². The zero-order valence-corrected chi connectivity index (χ0v) is 11.5. The summed E-state index contributed by atoms with van der Waals surface area (Å²) in [5.41, 5.74) is 6.56. The Morgan fingerprint density at radius 3 is 2.55 bits per heavy atom. The van der Waals surface area contributed by atoms with Gasteiger partial charge in [-0.15, -0.1) is 6.42 Å². The summed E-state index contributed by atoms with van der Waals surface area (Å²) < 4.78 is 28.4. The molecule has 0 aliphatic carbocycles. The number of hydrogen-bond acceptors (Lipinski definition) is 3. The first-order valence-electron chi connectivity index (χ1n) is 6.41. The van der Waals surface area contributed by atoms with E-state index in [-0.39, 0.29) is 11.3 Å². The van der Waals surface area contributed by atoms with Crippen LogP contribution in [0, 0.1) is 12.3 Å². The van der Waals surface area contributed by atoms with Gasteiger partial charge >= 0.3 is 6.61 Å². The van der Waals surface area contributed by atoms with Crippen molar-refractivity contribution in [3.63, 3.8) is 0 Å². The van der Waals surface area contributed by atoms with Gasteiger partial charge in [0.05, 0.1) is 6.54 Å². The molecule has 1 aromatic rings. The van der Waals surface area contributed by atoms with Crippen molar-refractivity contribution >= 4 is 0 Å². The third-order valence-electron chi connectivity index (χ3n) is 3.18. The van der Waals surface area contributed by atoms with Crippen LogP contribution in [0.25, 0.3) is 0 Å². The van der Waals surface area contributed by atoms with E-state index in [0.717, 1.165) is 18.4 Å². The van der Waals surface area contributed by atoms with Crippen LogP contribution >= 0.6 is 0 Å². The van der Waals surface area contributed by atoms with E-state index in [9.17, 15) is 8.78 Å². The van der Waals surface area contributed by atoms with E-state index in [4.69, 9.17) is 12.2 Å². The van der Waals surface area contributed by atoms with Crippen LogP contribution in [0.2, 0.25) is 0 Å². The molecule has 0 aliphatic rings. The first-order chi connectivity index (χ1) is 9.49. The van der Waals surface area contributed by atoms with Crippen LogP contribution in [-0.2, 0) is 6.42 Å². The Morgan fingerprint density at radius 1 is 1.40 bits per heavy atom. The third kappa shape index (κ3) is 5.55. The number of rotatable bonds is 8. The second kappa shape index (κ2) is 7.83. The molecule has 0 fully saturated rings. The van der Waals surface area contributed by atoms with Crippen LogP contribution in [0.1, 0.15) is 18.9 Å². The van der Waals surface area contributed by atoms with Crippen LogP contribution < -0.4 is 15.8 Å². The number of halogens is 2. The van der Waals surface area contributed by atoms with Crippen molar-refractivity contribution < 1.29 is 13.5 Å². The highest BCUT2D eigenvalue weighted by atomic mass is 19.3. The maximum absolute atomic E-state index is 12.0. The fourth-order valence-corrected chi connectivity index (χ4v) is 1.78. The van der Waals surface area contributed by atoms with Gasteiger partial charge in [0, 0.05) is 12.1 Å². The predicted molar refractivity (Wildman–Crippen MR) is 75.7 cm³/mol. The molecule has 3 nitrogen and oxygen atoms in total. The van der Waals surface area contributed by atoms with Gasteiger partial charge in [-0.25, -0.2) is 0 Å². The van der Waals surface area contributed by atoms with Crippen LogP contribution in [0.4, 0.5) is 8.78 Å². The van der Waals surface area contributed by atoms with Gasteiger partial charge in [0.2, 0.25) is 0 Å². The lowest BCUT2D eigenvalue weighted by Gasteiger charge is -2.28. The maximum atomic E-state index is 12.0. The van der Waals surface area contributed by atoms with Crippen molar-refractivity contribution in [1.29, 1.82) is 0 Å². The molecule has 110 valence electrons. The Bertz CT molecular complexity index is 442. The zero-order valence-electron chi connectivity index (χ0n) is 11.5. The normalized spacial score (nSPS) is 13.8. The molecule has 1 unspecified atom stereocenters. The average Bonchev–Trinajstić information content (AvgIpc) is 2.44. The maximum Gasteiger partial charge on any atom is 0.387 e. The van der Waals surface area contributed by atoms with E-state index >= 15 is 0 Å². The summed E-state index contributed by atoms with van der Waals surface area (Å²) in [5.74, 6) is 2.69. The van der Waals surface area contributed by atoms with E-state index in [1.165, 1.54) is 12.1 Å². The van der Waals surface area contributed by atoms with Gasteiger partial charge in [-0.2, -0.15) is 8.78 Å². The Balaban J connectivity index is 2.54. The van der Waals surface area contributed by atoms with Gasteiger partial charge in [0.15, 0.2) is 0 Å². The lowest BCUT2D eigenvalue weighted by Crippen LogP contribution is -2.49. The highest BCUT2D eigenvalue weighted by molar-refractivity contribution is 5.27. The monoisotopic (exact) mass is 282 g/mol. The number of terminal acetylenes is 1. The smallest absolute Gasteiger partial charge is 0.387 e. The second-order valence-corrected chi connectivity index (χ2v) is 4.84. The molecular weight excluding hydrogens is 262 g/mol. The summed E-state index contributed by atoms with van der Waals surface area (Å²) in [6, 6.07) is 6.62. The molecule has 0 aromatic heterocycles. The molecular formula is C15H20F2N2O. The Morgan fingerprint density at radius 2 is 2.05 bits per heavy atom. The summed E-state index contributed by atoms with van der Waals surface area (Å²) in [5, 5.41) is 3.22. The number of hydrogen-bond donors (Lipinski definition) is 2. The standard InChI is InChI=1S/C15H20F2N2O/c1-3-10-19-15(2,11-18)9-8-12-4-6-13(7-5-12)20-14(16)17/h1,4-7,14,19H,8-11,18H2,2H3. The topological polar surface area (TPSA) is 47.3 Å². The number of alkyl halides is 2. The summed E-state index contributed by atoms with van der Waals surface area (Å²) >= 11 is 0. The molecule has 20 heavy (non-hydrogen) atoms. The molecule has 1 atom stereocenters. The molecule has 0 amide bonds. The Kier molecular flexibility index (Phi) is 6.43. The lowest BCUT2D eigenvalue weighted by atomic mass is 9.93. The van der Waals surface area contributed by atoms with Gasteiger partial charge in [-0.1, -0.05) is 18.1 Å². The number of benzene rings is 1. The van der Waals surface area contributed by atoms with Crippen molar-refractivity contribution in [2.24, 2.45) is 5.73 Å². The molecule has 1 aromatic carbocycles. The molecule has 5 heteroatoms. The fraction of sp³-hybridized carbons (Fsp3) is 0.467. The van der Waals surface area contributed by atoms with E-state index in [1.807, 2.05) is 6.92 Å². The summed E-state index contributed by atoms with van der Waals surface area (Å²) in [4.78, 5) is 0. The number of nitrogens with two attached hydrogens (primary N) is 1. The number of aryl methyl sites for hydroxylation is 1. The number of nitrogens with one attached hydrogen (secondary N) is 1. The van der Waals surface area contributed by atoms with Gasteiger partial charge in [-0.3, -0.25) is 5.32 Å². The largest absolute Gasteiger partial charge is 0.435 e. The SMILES string of the molecule is C#CCNC(C)(CN)CCc1ccc(OC(F)F)cc1. The molecule has 3 N–H and O–H groups in total. The van der Waals surface area contributed by atoms with Gasteiger partial charge in [0.25, 0.3) is 0 Å². The third-order valence-corrected chi connectivity index (χ3v) is 3.18. The fourth-order valence-electron chi connectivity index (χ4n) is 1.78. The van der Waals surface area contributed by atoms with E-state index in [0.29, 0.717) is 13.1 Å². The minimum Gasteiger partial charge on any atom is -0.435 e. The highest BCUT2D eigenvalue weighted by Crippen LogP contribution is 2.18. The summed E-state index contributed by atoms with van der Waals surface area (Å²) in [6.45, 7) is 0.156. The quantitative estimate of drug-likeness (QED) is 0.718. The van der Waals surface area contributed by atoms with Gasteiger partial charge in [0.1, 0.15) is 5.75 Å². The molecule has 0 saturated heterocycles. The Labute approximate surface area is 118 Å². The highest BCUT2D eigenvalue weighted by Gasteiger charge is 2.20. The first-order valence-corrected chi connectivity index (χ1v) is 6.41. The van der Waals surface area contributed by atoms with Crippen LogP contribution in [0.5, 0.6) is 5.75 Å². The van der Waals surface area contributed by atoms with Crippen LogP contribution in [0.15, 0.2) is 24.3 Å². The second-order valence-electron chi connectivity index (χ2n) is 4.84. The van der Waals surface area contributed by atoms with Crippen LogP contribution in [0.3, 0.4) is 0 Å². The van der Waals surface area contributed by atoms with E-state index < -0.39 is 6.61 Å². The zero-order chi connectivity index (χ0) is 15.0. The van der Waals surface area contributed by atoms with Gasteiger partial charge < -0.3 is 10.5 Å². The number of ether oxygens (including phenoxy) is 1. The minimum atomic E-state index is -2.80.